The van der Waals surface area contributed by atoms with Crippen molar-refractivity contribution in [1.29, 1.82) is 0 Å². The van der Waals surface area contributed by atoms with Crippen molar-refractivity contribution in [2.75, 3.05) is 0 Å². The highest BCUT2D eigenvalue weighted by Crippen LogP contribution is 2.27. The number of rotatable bonds is 4. The molecule has 1 atom stereocenters. The van der Waals surface area contributed by atoms with Gasteiger partial charge >= 0.3 is 5.97 Å². The highest BCUT2D eigenvalue weighted by Gasteiger charge is 2.30. The standard InChI is InChI=1S/C12H16O3/c1-3-12(2,11(14)15)8-9-4-6-10(13)7-5-9/h4-7,13H,3,8H2,1-2H3,(H,14,15). The molecule has 0 saturated heterocycles. The molecule has 0 heterocycles. The molecule has 0 saturated carbocycles. The van der Waals surface area contributed by atoms with Crippen molar-refractivity contribution in [3.63, 3.8) is 0 Å². The maximum absolute atomic E-state index is 11.1. The topological polar surface area (TPSA) is 57.5 Å². The van der Waals surface area contributed by atoms with E-state index in [1.807, 2.05) is 6.92 Å². The lowest BCUT2D eigenvalue weighted by molar-refractivity contribution is -0.148. The maximum Gasteiger partial charge on any atom is 0.309 e. The van der Waals surface area contributed by atoms with E-state index in [0.717, 1.165) is 5.56 Å². The molecule has 0 aliphatic carbocycles. The summed E-state index contributed by atoms with van der Waals surface area (Å²) in [6.45, 7) is 3.61. The third kappa shape index (κ3) is 2.72. The summed E-state index contributed by atoms with van der Waals surface area (Å²) in [7, 11) is 0. The third-order valence-electron chi connectivity index (χ3n) is 2.83. The minimum Gasteiger partial charge on any atom is -0.508 e. The van der Waals surface area contributed by atoms with Crippen LogP contribution in [-0.4, -0.2) is 16.2 Å². The summed E-state index contributed by atoms with van der Waals surface area (Å²) in [5.41, 5.74) is 0.205. The average molecular weight is 208 g/mol. The van der Waals surface area contributed by atoms with E-state index in [-0.39, 0.29) is 5.75 Å². The van der Waals surface area contributed by atoms with Crippen molar-refractivity contribution in [2.45, 2.75) is 26.7 Å². The van der Waals surface area contributed by atoms with Crippen molar-refractivity contribution in [2.24, 2.45) is 5.41 Å². The number of aliphatic carboxylic acids is 1. The second-order valence-electron chi connectivity index (χ2n) is 4.06. The van der Waals surface area contributed by atoms with Gasteiger partial charge in [-0.1, -0.05) is 19.1 Å². The number of hydrogen-bond acceptors (Lipinski definition) is 2. The number of phenols is 1. The molecule has 2 N–H and O–H groups in total. The Labute approximate surface area is 89.4 Å². The van der Waals surface area contributed by atoms with Gasteiger partial charge in [-0.3, -0.25) is 4.79 Å². The molecule has 0 aliphatic heterocycles. The average Bonchev–Trinajstić information content (AvgIpc) is 2.21. The fourth-order valence-electron chi connectivity index (χ4n) is 1.42. The molecule has 0 radical (unpaired) electrons. The van der Waals surface area contributed by atoms with Crippen LogP contribution in [0.5, 0.6) is 5.75 Å². The van der Waals surface area contributed by atoms with Crippen molar-refractivity contribution < 1.29 is 15.0 Å². The Kier molecular flexibility index (Phi) is 3.35. The Balaban J connectivity index is 2.84. The fraction of sp³-hybridized carbons (Fsp3) is 0.417. The second kappa shape index (κ2) is 4.34. The van der Waals surface area contributed by atoms with Gasteiger partial charge in [0, 0.05) is 0 Å². The van der Waals surface area contributed by atoms with Crippen molar-refractivity contribution >= 4 is 5.97 Å². The molecule has 0 aliphatic rings. The number of carboxylic acids is 1. The van der Waals surface area contributed by atoms with Crippen LogP contribution in [-0.2, 0) is 11.2 Å². The number of carboxylic acid groups (broad SMARTS) is 1. The first-order chi connectivity index (χ1) is 6.98. The van der Waals surface area contributed by atoms with Crippen LogP contribution >= 0.6 is 0 Å². The first-order valence-corrected chi connectivity index (χ1v) is 4.99. The van der Waals surface area contributed by atoms with Crippen LogP contribution in [0.3, 0.4) is 0 Å². The predicted molar refractivity (Wildman–Crippen MR) is 57.8 cm³/mol. The van der Waals surface area contributed by atoms with Crippen molar-refractivity contribution in [3.05, 3.63) is 29.8 Å². The number of benzene rings is 1. The zero-order chi connectivity index (χ0) is 11.5. The van der Waals surface area contributed by atoms with Crippen LogP contribution in [0, 0.1) is 5.41 Å². The van der Waals surface area contributed by atoms with Crippen LogP contribution < -0.4 is 0 Å². The summed E-state index contributed by atoms with van der Waals surface area (Å²) >= 11 is 0. The van der Waals surface area contributed by atoms with E-state index in [0.29, 0.717) is 12.8 Å². The van der Waals surface area contributed by atoms with E-state index in [1.165, 1.54) is 0 Å². The van der Waals surface area contributed by atoms with Gasteiger partial charge in [-0.05, 0) is 37.5 Å². The lowest BCUT2D eigenvalue weighted by Gasteiger charge is -2.22. The molecule has 82 valence electrons. The van der Waals surface area contributed by atoms with Gasteiger partial charge in [0.15, 0.2) is 0 Å². The molecule has 15 heavy (non-hydrogen) atoms. The van der Waals surface area contributed by atoms with E-state index in [1.54, 1.807) is 31.2 Å². The largest absolute Gasteiger partial charge is 0.508 e. The molecule has 0 amide bonds. The first-order valence-electron chi connectivity index (χ1n) is 4.99. The lowest BCUT2D eigenvalue weighted by atomic mass is 9.81. The minimum absolute atomic E-state index is 0.201. The molecule has 0 spiro atoms. The normalized spacial score (nSPS) is 14.5. The molecule has 1 unspecified atom stereocenters. The number of phenolic OH excluding ortho intramolecular Hbond substituents is 1. The van der Waals surface area contributed by atoms with Crippen LogP contribution in [0.1, 0.15) is 25.8 Å². The number of hydrogen-bond donors (Lipinski definition) is 2. The van der Waals surface area contributed by atoms with Crippen molar-refractivity contribution in [1.82, 2.24) is 0 Å². The smallest absolute Gasteiger partial charge is 0.309 e. The van der Waals surface area contributed by atoms with E-state index < -0.39 is 11.4 Å². The zero-order valence-electron chi connectivity index (χ0n) is 9.03. The van der Waals surface area contributed by atoms with Crippen LogP contribution in [0.2, 0.25) is 0 Å². The third-order valence-corrected chi connectivity index (χ3v) is 2.83. The number of aromatic hydroxyl groups is 1. The molecule has 1 aromatic carbocycles. The molecular weight excluding hydrogens is 192 g/mol. The Morgan fingerprint density at radius 1 is 1.33 bits per heavy atom. The quantitative estimate of drug-likeness (QED) is 0.799. The van der Waals surface area contributed by atoms with Gasteiger partial charge in [0.1, 0.15) is 5.75 Å². The SMILES string of the molecule is CCC(C)(Cc1ccc(O)cc1)C(=O)O. The van der Waals surface area contributed by atoms with Crippen molar-refractivity contribution in [3.8, 4) is 5.75 Å². The molecule has 0 aromatic heterocycles. The molecule has 0 bridgehead atoms. The van der Waals surface area contributed by atoms with Gasteiger partial charge in [-0.2, -0.15) is 0 Å². The van der Waals surface area contributed by atoms with E-state index in [4.69, 9.17) is 10.2 Å². The molecule has 0 fully saturated rings. The molecule has 3 heteroatoms. The monoisotopic (exact) mass is 208 g/mol. The first kappa shape index (κ1) is 11.6. The van der Waals surface area contributed by atoms with Crippen LogP contribution in [0.15, 0.2) is 24.3 Å². The predicted octanol–water partition coefficient (Wildman–Crippen LogP) is 2.44. The van der Waals surface area contributed by atoms with Crippen LogP contribution in [0.4, 0.5) is 0 Å². The highest BCUT2D eigenvalue weighted by atomic mass is 16.4. The molecule has 3 nitrogen and oxygen atoms in total. The maximum atomic E-state index is 11.1. The Bertz CT molecular complexity index is 342. The Morgan fingerprint density at radius 2 is 1.87 bits per heavy atom. The zero-order valence-corrected chi connectivity index (χ0v) is 9.03. The fourth-order valence-corrected chi connectivity index (χ4v) is 1.42. The minimum atomic E-state index is -0.780. The van der Waals surface area contributed by atoms with Gasteiger partial charge in [0.05, 0.1) is 5.41 Å². The molecule has 1 aromatic rings. The summed E-state index contributed by atoms with van der Waals surface area (Å²) in [6, 6.07) is 6.67. The highest BCUT2D eigenvalue weighted by molar-refractivity contribution is 5.74. The van der Waals surface area contributed by atoms with Gasteiger partial charge < -0.3 is 10.2 Å². The van der Waals surface area contributed by atoms with E-state index in [2.05, 4.69) is 0 Å². The summed E-state index contributed by atoms with van der Waals surface area (Å²) in [5.74, 6) is -0.578. The van der Waals surface area contributed by atoms with Gasteiger partial charge in [-0.15, -0.1) is 0 Å². The summed E-state index contributed by atoms with van der Waals surface area (Å²) in [6.07, 6.45) is 1.07. The molecule has 1 rings (SSSR count). The Hall–Kier alpha value is -1.51. The lowest BCUT2D eigenvalue weighted by Crippen LogP contribution is -2.29. The second-order valence-corrected chi connectivity index (χ2v) is 4.06. The number of carbonyl (C=O) groups is 1. The van der Waals surface area contributed by atoms with Gasteiger partial charge in [0.2, 0.25) is 0 Å². The van der Waals surface area contributed by atoms with E-state index >= 15 is 0 Å². The summed E-state index contributed by atoms with van der Waals surface area (Å²) in [4.78, 5) is 11.1. The van der Waals surface area contributed by atoms with Gasteiger partial charge in [-0.25, -0.2) is 0 Å². The van der Waals surface area contributed by atoms with Crippen LogP contribution in [0.25, 0.3) is 0 Å². The molecular formula is C12H16O3. The van der Waals surface area contributed by atoms with Gasteiger partial charge in [0.25, 0.3) is 0 Å². The summed E-state index contributed by atoms with van der Waals surface area (Å²) < 4.78 is 0. The van der Waals surface area contributed by atoms with E-state index in [9.17, 15) is 4.79 Å². The Morgan fingerprint density at radius 3 is 2.27 bits per heavy atom. The summed E-state index contributed by atoms with van der Waals surface area (Å²) in [5, 5.41) is 18.2.